The minimum Gasteiger partial charge on any atom is -0.453 e. The Kier molecular flexibility index (Phi) is 5.84. The van der Waals surface area contributed by atoms with Crippen molar-refractivity contribution in [2.75, 3.05) is 5.75 Å². The third-order valence-electron chi connectivity index (χ3n) is 4.40. The van der Waals surface area contributed by atoms with E-state index < -0.39 is 0 Å². The maximum absolute atomic E-state index is 12.5. The number of hydrogen-bond donors (Lipinski definition) is 0. The monoisotopic (exact) mass is 478 g/mol. The van der Waals surface area contributed by atoms with Gasteiger partial charge in [-0.05, 0) is 36.4 Å². The Hall–Kier alpha value is -3.15. The van der Waals surface area contributed by atoms with Crippen LogP contribution in [0.15, 0.2) is 75.2 Å². The fourth-order valence-corrected chi connectivity index (χ4v) is 4.16. The summed E-state index contributed by atoms with van der Waals surface area (Å²) in [6, 6.07) is 16.3. The topological polar surface area (TPSA) is 84.7 Å². The molecule has 0 aliphatic rings. The average Bonchev–Trinajstić information content (AvgIpc) is 3.35. The van der Waals surface area contributed by atoms with Crippen LogP contribution in [-0.4, -0.2) is 26.3 Å². The van der Waals surface area contributed by atoms with E-state index in [0.717, 1.165) is 15.4 Å². The molecule has 0 aliphatic carbocycles. The number of aromatic nitrogens is 3. The highest BCUT2D eigenvalue weighted by molar-refractivity contribution is 9.10. The molecule has 0 N–H and O–H groups in total. The van der Waals surface area contributed by atoms with Crippen LogP contribution in [-0.2, 0) is 6.54 Å². The van der Waals surface area contributed by atoms with Crippen LogP contribution in [0.1, 0.15) is 15.9 Å². The van der Waals surface area contributed by atoms with Crippen LogP contribution in [0.25, 0.3) is 22.6 Å². The van der Waals surface area contributed by atoms with Crippen molar-refractivity contribution in [2.24, 2.45) is 0 Å². The molecule has 0 aliphatic heterocycles. The molecule has 2 aromatic carbocycles. The predicted molar refractivity (Wildman–Crippen MR) is 119 cm³/mol. The number of rotatable bonds is 7. The van der Waals surface area contributed by atoms with Crippen molar-refractivity contribution < 1.29 is 9.21 Å². The maximum atomic E-state index is 12.5. The number of halogens is 1. The first-order valence-electron chi connectivity index (χ1n) is 8.99. The van der Waals surface area contributed by atoms with Crippen molar-refractivity contribution in [3.63, 3.8) is 0 Å². The van der Waals surface area contributed by atoms with Gasteiger partial charge in [-0.3, -0.25) is 9.36 Å². The number of hydrogen-bond acceptors (Lipinski definition) is 6. The molecule has 0 radical (unpaired) electrons. The van der Waals surface area contributed by atoms with Crippen LogP contribution >= 0.6 is 27.7 Å². The second-order valence-electron chi connectivity index (χ2n) is 6.40. The van der Waals surface area contributed by atoms with Gasteiger partial charge < -0.3 is 4.42 Å². The van der Waals surface area contributed by atoms with Gasteiger partial charge in [0.25, 0.3) is 0 Å². The van der Waals surface area contributed by atoms with E-state index in [1.807, 2.05) is 34.9 Å². The summed E-state index contributed by atoms with van der Waals surface area (Å²) < 4.78 is 8.78. The van der Waals surface area contributed by atoms with E-state index in [-0.39, 0.29) is 11.5 Å². The number of ketones is 1. The van der Waals surface area contributed by atoms with Crippen molar-refractivity contribution in [3.8, 4) is 17.7 Å². The Morgan fingerprint density at radius 1 is 1.23 bits per heavy atom. The van der Waals surface area contributed by atoms with Crippen molar-refractivity contribution in [2.45, 2.75) is 11.7 Å². The van der Waals surface area contributed by atoms with Gasteiger partial charge in [0.2, 0.25) is 5.82 Å². The van der Waals surface area contributed by atoms with Crippen molar-refractivity contribution in [1.29, 1.82) is 5.26 Å². The summed E-state index contributed by atoms with van der Waals surface area (Å²) in [6.07, 6.45) is 1.75. The zero-order valence-corrected chi connectivity index (χ0v) is 18.1. The Bertz CT molecular complexity index is 1280. The third-order valence-corrected chi connectivity index (χ3v) is 5.86. The number of nitrogens with zero attached hydrogens (tertiary/aromatic N) is 4. The first kappa shape index (κ1) is 20.1. The number of thioether (sulfide) groups is 1. The summed E-state index contributed by atoms with van der Waals surface area (Å²) in [4.78, 5) is 12.5. The number of carbonyl (C=O) groups excluding carboxylic acids is 1. The van der Waals surface area contributed by atoms with Crippen LogP contribution in [0.3, 0.4) is 0 Å². The van der Waals surface area contributed by atoms with E-state index in [4.69, 9.17) is 9.68 Å². The lowest BCUT2D eigenvalue weighted by molar-refractivity contribution is 0.102. The van der Waals surface area contributed by atoms with Gasteiger partial charge in [0.1, 0.15) is 5.58 Å². The van der Waals surface area contributed by atoms with Crippen LogP contribution in [0.5, 0.6) is 0 Å². The average molecular weight is 479 g/mol. The molecule has 4 rings (SSSR count). The standard InChI is InChI=1S/C22H15BrN4O2S/c1-2-9-27-21(20-11-16-10-17(23)7-8-19(16)29-20)25-26-22(27)30-13-18(28)15-5-3-14(12-24)4-6-15/h2-8,10-11H,1,9,13H2. The van der Waals surface area contributed by atoms with Crippen LogP contribution in [0, 0.1) is 11.3 Å². The van der Waals surface area contributed by atoms with Gasteiger partial charge in [-0.15, -0.1) is 16.8 Å². The molecule has 0 fully saturated rings. The molecule has 0 saturated carbocycles. The molecule has 4 aromatic rings. The number of nitriles is 1. The SMILES string of the molecule is C=CCn1c(SCC(=O)c2ccc(C#N)cc2)nnc1-c1cc2cc(Br)ccc2o1. The highest BCUT2D eigenvalue weighted by Gasteiger charge is 2.18. The highest BCUT2D eigenvalue weighted by Crippen LogP contribution is 2.31. The number of carbonyl (C=O) groups is 1. The lowest BCUT2D eigenvalue weighted by Gasteiger charge is -2.06. The zero-order valence-electron chi connectivity index (χ0n) is 15.7. The van der Waals surface area contributed by atoms with Crippen LogP contribution in [0.2, 0.25) is 0 Å². The Balaban J connectivity index is 1.58. The summed E-state index contributed by atoms with van der Waals surface area (Å²) in [7, 11) is 0. The Morgan fingerprint density at radius 2 is 2.03 bits per heavy atom. The molecule has 2 heterocycles. The van der Waals surface area contributed by atoms with E-state index in [1.54, 1.807) is 30.3 Å². The minimum atomic E-state index is -0.0484. The van der Waals surface area contributed by atoms with Crippen LogP contribution < -0.4 is 0 Å². The quantitative estimate of drug-likeness (QED) is 0.198. The molecule has 2 aromatic heterocycles. The van der Waals surface area contributed by atoms with Gasteiger partial charge in [0.05, 0.1) is 17.4 Å². The molecule has 148 valence electrons. The van der Waals surface area contributed by atoms with Crippen molar-refractivity contribution >= 4 is 44.4 Å². The van der Waals surface area contributed by atoms with Crippen LogP contribution in [0.4, 0.5) is 0 Å². The Morgan fingerprint density at radius 3 is 2.77 bits per heavy atom. The smallest absolute Gasteiger partial charge is 0.200 e. The summed E-state index contributed by atoms with van der Waals surface area (Å²) in [6.45, 7) is 4.29. The highest BCUT2D eigenvalue weighted by atomic mass is 79.9. The van der Waals surface area contributed by atoms with Gasteiger partial charge in [-0.2, -0.15) is 5.26 Å². The lowest BCUT2D eigenvalue weighted by Crippen LogP contribution is -2.05. The Labute approximate surface area is 185 Å². The molecule has 0 spiro atoms. The van der Waals surface area contributed by atoms with E-state index in [1.165, 1.54) is 11.8 Å². The largest absolute Gasteiger partial charge is 0.453 e. The molecule has 0 saturated heterocycles. The fraction of sp³-hybridized carbons (Fsp3) is 0.0909. The number of Topliss-reactive ketones (excluding diaryl/α,β-unsaturated/α-hetero) is 1. The number of allylic oxidation sites excluding steroid dienone is 1. The molecular formula is C22H15BrN4O2S. The molecule has 0 atom stereocenters. The summed E-state index contributed by atoms with van der Waals surface area (Å²) in [5, 5.41) is 19.0. The molecule has 0 amide bonds. The van der Waals surface area contributed by atoms with E-state index >= 15 is 0 Å². The zero-order chi connectivity index (χ0) is 21.1. The normalized spacial score (nSPS) is 10.8. The number of benzene rings is 2. The second kappa shape index (κ2) is 8.69. The third kappa shape index (κ3) is 4.08. The molecule has 8 heteroatoms. The molecule has 0 bridgehead atoms. The second-order valence-corrected chi connectivity index (χ2v) is 8.26. The van der Waals surface area contributed by atoms with E-state index in [2.05, 4.69) is 32.7 Å². The molecule has 6 nitrogen and oxygen atoms in total. The maximum Gasteiger partial charge on any atom is 0.200 e. The van der Waals surface area contributed by atoms with Gasteiger partial charge >= 0.3 is 0 Å². The predicted octanol–water partition coefficient (Wildman–Crippen LogP) is 5.49. The summed E-state index contributed by atoms with van der Waals surface area (Å²) >= 11 is 4.77. The molecule has 0 unspecified atom stereocenters. The first-order chi connectivity index (χ1) is 14.6. The molecular weight excluding hydrogens is 464 g/mol. The fourth-order valence-electron chi connectivity index (χ4n) is 2.94. The lowest BCUT2D eigenvalue weighted by atomic mass is 10.1. The first-order valence-corrected chi connectivity index (χ1v) is 10.8. The van der Waals surface area contributed by atoms with Crippen molar-refractivity contribution in [1.82, 2.24) is 14.8 Å². The van der Waals surface area contributed by atoms with Gasteiger partial charge in [0, 0.05) is 22.0 Å². The summed E-state index contributed by atoms with van der Waals surface area (Å²) in [5.41, 5.74) is 1.83. The van der Waals surface area contributed by atoms with Gasteiger partial charge in [0.15, 0.2) is 16.7 Å². The van der Waals surface area contributed by atoms with Crippen molar-refractivity contribution in [3.05, 3.63) is 76.8 Å². The summed E-state index contributed by atoms with van der Waals surface area (Å²) in [5.74, 6) is 1.33. The van der Waals surface area contributed by atoms with E-state index in [9.17, 15) is 4.79 Å². The molecule has 30 heavy (non-hydrogen) atoms. The van der Waals surface area contributed by atoms with Gasteiger partial charge in [-0.25, -0.2) is 0 Å². The number of fused-ring (bicyclic) bond motifs is 1. The number of furan rings is 1. The minimum absolute atomic E-state index is 0.0484. The van der Waals surface area contributed by atoms with Gasteiger partial charge in [-0.1, -0.05) is 45.9 Å². The van der Waals surface area contributed by atoms with E-state index in [0.29, 0.717) is 34.4 Å².